The van der Waals surface area contributed by atoms with Crippen LogP contribution in [0.25, 0.3) is 0 Å². The molecular weight excluding hydrogens is 437 g/mol. The highest BCUT2D eigenvalue weighted by atomic mass is 32.2. The number of hydrogen-bond acceptors (Lipinski definition) is 3. The Kier molecular flexibility index (Phi) is 5.58. The second-order valence-corrected chi connectivity index (χ2v) is 11.2. The van der Waals surface area contributed by atoms with Gasteiger partial charge >= 0.3 is 6.18 Å². The Morgan fingerprint density at radius 3 is 2.38 bits per heavy atom. The molecule has 4 nitrogen and oxygen atoms in total. The summed E-state index contributed by atoms with van der Waals surface area (Å²) < 4.78 is 68.4. The fourth-order valence-electron chi connectivity index (χ4n) is 5.54. The summed E-state index contributed by atoms with van der Waals surface area (Å²) in [6, 6.07) is 14.2. The van der Waals surface area contributed by atoms with Crippen molar-refractivity contribution in [3.05, 3.63) is 65.7 Å². The van der Waals surface area contributed by atoms with E-state index in [-0.39, 0.29) is 22.9 Å². The maximum Gasteiger partial charge on any atom is 0.416 e. The fraction of sp³-hybridized carbons (Fsp3) is 0.500. The fourth-order valence-corrected chi connectivity index (χ4v) is 7.54. The Morgan fingerprint density at radius 1 is 0.938 bits per heavy atom. The highest BCUT2D eigenvalue weighted by molar-refractivity contribution is 7.89. The molecule has 0 bridgehead atoms. The van der Waals surface area contributed by atoms with Crippen LogP contribution in [0.4, 0.5) is 13.2 Å². The molecule has 0 spiro atoms. The summed E-state index contributed by atoms with van der Waals surface area (Å²) in [5.41, 5.74) is 0.313. The first-order chi connectivity index (χ1) is 15.2. The van der Waals surface area contributed by atoms with E-state index in [2.05, 4.69) is 17.0 Å². The Morgan fingerprint density at radius 2 is 1.69 bits per heavy atom. The molecule has 2 aliphatic carbocycles. The maximum atomic E-state index is 13.6. The van der Waals surface area contributed by atoms with E-state index in [1.54, 1.807) is 4.31 Å². The van der Waals surface area contributed by atoms with Crippen LogP contribution in [0.3, 0.4) is 0 Å². The molecule has 1 saturated heterocycles. The summed E-state index contributed by atoms with van der Waals surface area (Å²) in [6.45, 7) is 2.61. The molecule has 2 aromatic rings. The van der Waals surface area contributed by atoms with E-state index in [4.69, 9.17) is 0 Å². The molecule has 2 aromatic carbocycles. The zero-order chi connectivity index (χ0) is 22.5. The second-order valence-electron chi connectivity index (χ2n) is 9.34. The van der Waals surface area contributed by atoms with Gasteiger partial charge in [0, 0.05) is 31.7 Å². The molecule has 0 amide bonds. The van der Waals surface area contributed by atoms with Crippen LogP contribution in [0.15, 0.2) is 59.5 Å². The van der Waals surface area contributed by atoms with E-state index in [0.29, 0.717) is 5.92 Å². The van der Waals surface area contributed by atoms with Gasteiger partial charge in [-0.15, -0.1) is 0 Å². The Bertz CT molecular complexity index is 1070. The standard InChI is InChI=1S/C24H27F3N2O2S/c25-24(26,27)19-7-4-8-21(13-19)32(30,31)29(20-10-11-20)23-12-9-18-15-28(16-22(18)23)14-17-5-2-1-3-6-17/h1-8,13,18,20,22-23H,9-12,14-16H2. The average molecular weight is 465 g/mol. The number of fused-ring (bicyclic) bond motifs is 1. The molecule has 2 saturated carbocycles. The van der Waals surface area contributed by atoms with Crippen molar-refractivity contribution in [3.8, 4) is 0 Å². The minimum atomic E-state index is -4.57. The van der Waals surface area contributed by atoms with Crippen LogP contribution in [-0.2, 0) is 22.7 Å². The van der Waals surface area contributed by atoms with Gasteiger partial charge in [-0.25, -0.2) is 8.42 Å². The number of benzene rings is 2. The van der Waals surface area contributed by atoms with E-state index in [1.165, 1.54) is 17.7 Å². The van der Waals surface area contributed by atoms with Crippen molar-refractivity contribution in [1.82, 2.24) is 9.21 Å². The molecule has 32 heavy (non-hydrogen) atoms. The number of hydrogen-bond donors (Lipinski definition) is 0. The Hall–Kier alpha value is -1.90. The number of rotatable bonds is 6. The lowest BCUT2D eigenvalue weighted by Crippen LogP contribution is -2.45. The molecule has 3 atom stereocenters. The maximum absolute atomic E-state index is 13.6. The van der Waals surface area contributed by atoms with E-state index >= 15 is 0 Å². The molecule has 3 aliphatic rings. The van der Waals surface area contributed by atoms with Crippen LogP contribution < -0.4 is 0 Å². The lowest BCUT2D eigenvalue weighted by molar-refractivity contribution is -0.137. The summed E-state index contributed by atoms with van der Waals surface area (Å²) in [4.78, 5) is 2.14. The number of halogens is 3. The number of sulfonamides is 1. The van der Waals surface area contributed by atoms with Crippen LogP contribution in [-0.4, -0.2) is 42.8 Å². The molecule has 5 rings (SSSR count). The second kappa shape index (κ2) is 8.15. The zero-order valence-electron chi connectivity index (χ0n) is 17.7. The third-order valence-corrected chi connectivity index (χ3v) is 9.09. The lowest BCUT2D eigenvalue weighted by Gasteiger charge is -2.32. The Labute approximate surface area is 187 Å². The van der Waals surface area contributed by atoms with E-state index in [9.17, 15) is 21.6 Å². The van der Waals surface area contributed by atoms with Gasteiger partial charge in [0.05, 0.1) is 10.5 Å². The molecule has 1 heterocycles. The first kappa shape index (κ1) is 21.9. The van der Waals surface area contributed by atoms with Gasteiger partial charge in [-0.2, -0.15) is 17.5 Å². The van der Waals surface area contributed by atoms with Crippen molar-refractivity contribution in [1.29, 1.82) is 0 Å². The van der Waals surface area contributed by atoms with Crippen molar-refractivity contribution in [3.63, 3.8) is 0 Å². The quantitative estimate of drug-likeness (QED) is 0.619. The first-order valence-corrected chi connectivity index (χ1v) is 12.6. The SMILES string of the molecule is O=S(=O)(c1cccc(C(F)(F)F)c1)N(C1CC1)C1CCC2CN(Cc3ccccc3)CC21. The number of alkyl halides is 3. The van der Waals surface area contributed by atoms with Gasteiger partial charge in [-0.3, -0.25) is 4.90 Å². The van der Waals surface area contributed by atoms with Crippen molar-refractivity contribution >= 4 is 10.0 Å². The van der Waals surface area contributed by atoms with Gasteiger partial charge in [0.1, 0.15) is 0 Å². The van der Waals surface area contributed by atoms with Crippen LogP contribution in [0.2, 0.25) is 0 Å². The van der Waals surface area contributed by atoms with Gasteiger partial charge in [-0.1, -0.05) is 36.4 Å². The van der Waals surface area contributed by atoms with Gasteiger partial charge < -0.3 is 0 Å². The molecule has 3 fully saturated rings. The first-order valence-electron chi connectivity index (χ1n) is 11.2. The largest absolute Gasteiger partial charge is 0.416 e. The van der Waals surface area contributed by atoms with Crippen molar-refractivity contribution in [2.75, 3.05) is 13.1 Å². The molecule has 1 aliphatic heterocycles. The number of likely N-dealkylation sites (tertiary alicyclic amines) is 1. The molecule has 3 unspecified atom stereocenters. The van der Waals surface area contributed by atoms with Crippen LogP contribution >= 0.6 is 0 Å². The lowest BCUT2D eigenvalue weighted by atomic mass is 9.98. The average Bonchev–Trinajstić information content (AvgIpc) is 3.40. The van der Waals surface area contributed by atoms with Crippen molar-refractivity contribution in [2.24, 2.45) is 11.8 Å². The van der Waals surface area contributed by atoms with E-state index in [1.807, 2.05) is 18.2 Å². The Balaban J connectivity index is 1.39. The summed E-state index contributed by atoms with van der Waals surface area (Å²) >= 11 is 0. The van der Waals surface area contributed by atoms with E-state index < -0.39 is 21.8 Å². The summed E-state index contributed by atoms with van der Waals surface area (Å²) in [7, 11) is -4.00. The van der Waals surface area contributed by atoms with Gasteiger partial charge in [0.2, 0.25) is 10.0 Å². The monoisotopic (exact) mass is 464 g/mol. The van der Waals surface area contributed by atoms with Crippen molar-refractivity contribution < 1.29 is 21.6 Å². The third-order valence-electron chi connectivity index (χ3n) is 7.11. The predicted molar refractivity (Wildman–Crippen MR) is 115 cm³/mol. The zero-order valence-corrected chi connectivity index (χ0v) is 18.5. The van der Waals surface area contributed by atoms with Crippen LogP contribution in [0.1, 0.15) is 36.8 Å². The summed E-state index contributed by atoms with van der Waals surface area (Å²) in [6.07, 6.45) is -1.28. The summed E-state index contributed by atoms with van der Waals surface area (Å²) in [5, 5.41) is 0. The van der Waals surface area contributed by atoms with Crippen LogP contribution in [0, 0.1) is 11.8 Å². The molecule has 0 radical (unpaired) electrons. The molecular formula is C24H27F3N2O2S. The molecule has 0 aromatic heterocycles. The van der Waals surface area contributed by atoms with Gasteiger partial charge in [0.15, 0.2) is 0 Å². The number of nitrogens with zero attached hydrogens (tertiary/aromatic N) is 2. The van der Waals surface area contributed by atoms with Crippen molar-refractivity contribution in [2.45, 2.75) is 55.4 Å². The molecule has 8 heteroatoms. The third kappa shape index (κ3) is 4.20. The predicted octanol–water partition coefficient (Wildman–Crippen LogP) is 4.77. The van der Waals surface area contributed by atoms with Crippen LogP contribution in [0.5, 0.6) is 0 Å². The minimum Gasteiger partial charge on any atom is -0.298 e. The summed E-state index contributed by atoms with van der Waals surface area (Å²) in [5.74, 6) is 0.654. The highest BCUT2D eigenvalue weighted by Gasteiger charge is 2.52. The smallest absolute Gasteiger partial charge is 0.298 e. The van der Waals surface area contributed by atoms with E-state index in [0.717, 1.165) is 57.5 Å². The van der Waals surface area contributed by atoms with Gasteiger partial charge in [0.25, 0.3) is 0 Å². The topological polar surface area (TPSA) is 40.6 Å². The molecule has 172 valence electrons. The molecule has 0 N–H and O–H groups in total. The van der Waals surface area contributed by atoms with Gasteiger partial charge in [-0.05, 0) is 61.3 Å². The minimum absolute atomic E-state index is 0.0959. The normalized spacial score (nSPS) is 26.6. The highest BCUT2D eigenvalue weighted by Crippen LogP contribution is 2.46.